The van der Waals surface area contributed by atoms with Gasteiger partial charge in [-0.1, -0.05) is 29.2 Å². The lowest BCUT2D eigenvalue weighted by Crippen LogP contribution is -1.98. The molecule has 0 fully saturated rings. The molecule has 0 saturated carbocycles. The van der Waals surface area contributed by atoms with Gasteiger partial charge in [0, 0.05) is 21.9 Å². The molecular formula is C12H6BClO. The molecule has 0 atom stereocenters. The Morgan fingerprint density at radius 3 is 2.67 bits per heavy atom. The second-order valence-corrected chi connectivity index (χ2v) is 3.93. The van der Waals surface area contributed by atoms with Crippen LogP contribution < -0.4 is 5.46 Å². The molecule has 15 heavy (non-hydrogen) atoms. The van der Waals surface area contributed by atoms with E-state index in [9.17, 15) is 0 Å². The lowest BCUT2D eigenvalue weighted by molar-refractivity contribution is 0.669. The van der Waals surface area contributed by atoms with Crippen molar-refractivity contribution < 1.29 is 4.42 Å². The zero-order chi connectivity index (χ0) is 10.4. The van der Waals surface area contributed by atoms with Crippen LogP contribution in [0.15, 0.2) is 40.8 Å². The molecule has 2 aromatic carbocycles. The minimum atomic E-state index is 0.675. The Morgan fingerprint density at radius 2 is 1.80 bits per heavy atom. The van der Waals surface area contributed by atoms with Crippen LogP contribution in [0.4, 0.5) is 0 Å². The zero-order valence-corrected chi connectivity index (χ0v) is 8.58. The fourth-order valence-electron chi connectivity index (χ4n) is 1.77. The minimum absolute atomic E-state index is 0.675. The minimum Gasteiger partial charge on any atom is -0.456 e. The lowest BCUT2D eigenvalue weighted by Gasteiger charge is -1.92. The molecule has 0 aliphatic carbocycles. The molecule has 1 nitrogen and oxygen atoms in total. The SMILES string of the molecule is [B]c1ccc2oc3cc(Cl)ccc3c2c1. The Morgan fingerprint density at radius 1 is 0.933 bits per heavy atom. The molecule has 3 rings (SSSR count). The van der Waals surface area contributed by atoms with E-state index in [-0.39, 0.29) is 0 Å². The highest BCUT2D eigenvalue weighted by Crippen LogP contribution is 2.29. The summed E-state index contributed by atoms with van der Waals surface area (Å²) in [6.07, 6.45) is 0. The van der Waals surface area contributed by atoms with Gasteiger partial charge in [0.25, 0.3) is 0 Å². The van der Waals surface area contributed by atoms with Gasteiger partial charge < -0.3 is 4.42 Å². The van der Waals surface area contributed by atoms with Crippen LogP contribution in [0.2, 0.25) is 5.02 Å². The van der Waals surface area contributed by atoms with E-state index in [2.05, 4.69) is 0 Å². The highest BCUT2D eigenvalue weighted by molar-refractivity contribution is 6.34. The van der Waals surface area contributed by atoms with Gasteiger partial charge in [-0.3, -0.25) is 0 Å². The first kappa shape index (κ1) is 8.87. The summed E-state index contributed by atoms with van der Waals surface area (Å²) in [5.41, 5.74) is 2.37. The van der Waals surface area contributed by atoms with E-state index in [0.717, 1.165) is 27.4 Å². The first-order valence-electron chi connectivity index (χ1n) is 4.61. The van der Waals surface area contributed by atoms with Gasteiger partial charge in [0.1, 0.15) is 19.0 Å². The van der Waals surface area contributed by atoms with Gasteiger partial charge in [-0.25, -0.2) is 0 Å². The summed E-state index contributed by atoms with van der Waals surface area (Å²) in [5.74, 6) is 0. The number of hydrogen-bond donors (Lipinski definition) is 0. The Labute approximate surface area is 93.0 Å². The van der Waals surface area contributed by atoms with Gasteiger partial charge in [0.05, 0.1) is 0 Å². The summed E-state index contributed by atoms with van der Waals surface area (Å²) in [6, 6.07) is 11.2. The van der Waals surface area contributed by atoms with E-state index < -0.39 is 0 Å². The molecule has 3 heteroatoms. The molecule has 1 heterocycles. The van der Waals surface area contributed by atoms with E-state index in [4.69, 9.17) is 23.9 Å². The number of furan rings is 1. The molecule has 0 aliphatic rings. The van der Waals surface area contributed by atoms with E-state index in [1.54, 1.807) is 0 Å². The predicted molar refractivity (Wildman–Crippen MR) is 64.1 cm³/mol. The molecule has 0 aliphatic heterocycles. The largest absolute Gasteiger partial charge is 0.456 e. The molecule has 0 amide bonds. The fourth-order valence-corrected chi connectivity index (χ4v) is 1.93. The number of benzene rings is 2. The average Bonchev–Trinajstić information content (AvgIpc) is 2.54. The first-order chi connectivity index (χ1) is 7.24. The third kappa shape index (κ3) is 1.33. The number of fused-ring (bicyclic) bond motifs is 3. The monoisotopic (exact) mass is 212 g/mol. The van der Waals surface area contributed by atoms with Crippen molar-refractivity contribution in [2.75, 3.05) is 0 Å². The van der Waals surface area contributed by atoms with Crippen molar-refractivity contribution in [3.63, 3.8) is 0 Å². The molecule has 1 aromatic heterocycles. The highest BCUT2D eigenvalue weighted by Gasteiger charge is 2.06. The fraction of sp³-hybridized carbons (Fsp3) is 0. The summed E-state index contributed by atoms with van der Waals surface area (Å²) in [7, 11) is 5.74. The summed E-state index contributed by atoms with van der Waals surface area (Å²) >= 11 is 5.89. The first-order valence-corrected chi connectivity index (χ1v) is 4.99. The molecule has 0 bridgehead atoms. The summed E-state index contributed by atoms with van der Waals surface area (Å²) in [4.78, 5) is 0. The van der Waals surface area contributed by atoms with Crippen molar-refractivity contribution in [1.29, 1.82) is 0 Å². The second-order valence-electron chi connectivity index (χ2n) is 3.50. The van der Waals surface area contributed by atoms with Crippen molar-refractivity contribution in [3.05, 3.63) is 41.4 Å². The van der Waals surface area contributed by atoms with Crippen LogP contribution in [-0.2, 0) is 0 Å². The molecule has 0 unspecified atom stereocenters. The number of hydrogen-bond acceptors (Lipinski definition) is 1. The summed E-state index contributed by atoms with van der Waals surface area (Å²) in [5, 5.41) is 2.75. The third-order valence-corrected chi connectivity index (χ3v) is 2.69. The van der Waals surface area contributed by atoms with Crippen LogP contribution in [0, 0.1) is 0 Å². The Balaban J connectivity index is 2.53. The van der Waals surface area contributed by atoms with Crippen LogP contribution in [0.1, 0.15) is 0 Å². The summed E-state index contributed by atoms with van der Waals surface area (Å²) < 4.78 is 5.65. The average molecular weight is 212 g/mol. The van der Waals surface area contributed by atoms with Crippen molar-refractivity contribution in [2.24, 2.45) is 0 Å². The maximum Gasteiger partial charge on any atom is 0.136 e. The Bertz CT molecular complexity index is 657. The zero-order valence-electron chi connectivity index (χ0n) is 7.83. The van der Waals surface area contributed by atoms with Gasteiger partial charge in [-0.2, -0.15) is 0 Å². The molecule has 2 radical (unpaired) electrons. The smallest absolute Gasteiger partial charge is 0.136 e. The van der Waals surface area contributed by atoms with Gasteiger partial charge in [0.15, 0.2) is 0 Å². The van der Waals surface area contributed by atoms with Crippen LogP contribution in [0.25, 0.3) is 21.9 Å². The van der Waals surface area contributed by atoms with Gasteiger partial charge >= 0.3 is 0 Å². The van der Waals surface area contributed by atoms with E-state index >= 15 is 0 Å². The number of halogens is 1. The van der Waals surface area contributed by atoms with E-state index in [1.807, 2.05) is 36.4 Å². The van der Waals surface area contributed by atoms with Crippen molar-refractivity contribution in [2.45, 2.75) is 0 Å². The normalized spacial score (nSPS) is 11.3. The van der Waals surface area contributed by atoms with E-state index in [0.29, 0.717) is 5.02 Å². The molecule has 70 valence electrons. The molecule has 0 N–H and O–H groups in total. The van der Waals surface area contributed by atoms with Crippen molar-refractivity contribution >= 4 is 46.8 Å². The predicted octanol–water partition coefficient (Wildman–Crippen LogP) is 3.03. The maximum absolute atomic E-state index is 5.89. The van der Waals surface area contributed by atoms with Crippen LogP contribution in [0.5, 0.6) is 0 Å². The van der Waals surface area contributed by atoms with Gasteiger partial charge in [0.2, 0.25) is 0 Å². The lowest BCUT2D eigenvalue weighted by atomic mass is 9.94. The highest BCUT2D eigenvalue weighted by atomic mass is 35.5. The quantitative estimate of drug-likeness (QED) is 0.522. The van der Waals surface area contributed by atoms with Gasteiger partial charge in [-0.05, 0) is 18.2 Å². The van der Waals surface area contributed by atoms with Gasteiger partial charge in [-0.15, -0.1) is 0 Å². The molecule has 0 spiro atoms. The third-order valence-electron chi connectivity index (χ3n) is 2.46. The molecular weight excluding hydrogens is 206 g/mol. The molecule has 3 aromatic rings. The number of rotatable bonds is 0. The van der Waals surface area contributed by atoms with Crippen LogP contribution >= 0.6 is 11.6 Å². The Kier molecular flexibility index (Phi) is 1.80. The van der Waals surface area contributed by atoms with Crippen LogP contribution in [0.3, 0.4) is 0 Å². The summed E-state index contributed by atoms with van der Waals surface area (Å²) in [6.45, 7) is 0. The molecule has 0 saturated heterocycles. The van der Waals surface area contributed by atoms with Crippen molar-refractivity contribution in [1.82, 2.24) is 0 Å². The van der Waals surface area contributed by atoms with E-state index in [1.165, 1.54) is 0 Å². The van der Waals surface area contributed by atoms with Crippen molar-refractivity contribution in [3.8, 4) is 0 Å². The van der Waals surface area contributed by atoms with Crippen LogP contribution in [-0.4, -0.2) is 7.85 Å². The maximum atomic E-state index is 5.89. The Hall–Kier alpha value is -1.41. The standard InChI is InChI=1S/C12H6BClO/c13-7-1-4-11-10(5-7)9-3-2-8(14)6-12(9)15-11/h1-6H. The second kappa shape index (κ2) is 3.04. The topological polar surface area (TPSA) is 13.1 Å².